The third-order valence-corrected chi connectivity index (χ3v) is 2.32. The number of ether oxygens (including phenoxy) is 1. The van der Waals surface area contributed by atoms with Crippen molar-refractivity contribution in [3.05, 3.63) is 29.8 Å². The lowest BCUT2D eigenvalue weighted by atomic mass is 10.1. The Morgan fingerprint density at radius 3 is 2.44 bits per heavy atom. The molecule has 18 heavy (non-hydrogen) atoms. The number of imide groups is 1. The van der Waals surface area contributed by atoms with Crippen LogP contribution in [0.1, 0.15) is 5.56 Å². The van der Waals surface area contributed by atoms with Crippen LogP contribution < -0.4 is 27.1 Å². The summed E-state index contributed by atoms with van der Waals surface area (Å²) in [6.45, 7) is 0. The molecule has 1 aromatic carbocycles. The van der Waals surface area contributed by atoms with Crippen molar-refractivity contribution in [1.82, 2.24) is 10.7 Å². The van der Waals surface area contributed by atoms with Gasteiger partial charge in [0.25, 0.3) is 0 Å². The molecule has 0 fully saturated rings. The summed E-state index contributed by atoms with van der Waals surface area (Å²) in [6.07, 6.45) is 0.313. The molecule has 0 aliphatic rings. The second-order valence-corrected chi connectivity index (χ2v) is 3.62. The molecule has 0 bridgehead atoms. The monoisotopic (exact) mass is 252 g/mol. The van der Waals surface area contributed by atoms with Crippen LogP contribution in [-0.2, 0) is 11.2 Å². The van der Waals surface area contributed by atoms with Crippen LogP contribution in [0.2, 0.25) is 0 Å². The van der Waals surface area contributed by atoms with E-state index >= 15 is 0 Å². The molecule has 1 unspecified atom stereocenters. The molecular weight excluding hydrogens is 236 g/mol. The Labute approximate surface area is 104 Å². The summed E-state index contributed by atoms with van der Waals surface area (Å²) in [5, 5.41) is 2.01. The van der Waals surface area contributed by atoms with Gasteiger partial charge in [0.05, 0.1) is 13.2 Å². The number of hydrogen-bond acceptors (Lipinski definition) is 5. The summed E-state index contributed by atoms with van der Waals surface area (Å²) in [5.41, 5.74) is 8.31. The maximum Gasteiger partial charge on any atom is 0.335 e. The Kier molecular flexibility index (Phi) is 5.09. The number of nitrogens with two attached hydrogens (primary N) is 2. The zero-order chi connectivity index (χ0) is 13.5. The summed E-state index contributed by atoms with van der Waals surface area (Å²) in [7, 11) is 1.57. The van der Waals surface area contributed by atoms with E-state index in [9.17, 15) is 9.59 Å². The topological polar surface area (TPSA) is 119 Å². The molecule has 0 radical (unpaired) electrons. The molecule has 1 atom stereocenters. The molecule has 1 rings (SSSR count). The lowest BCUT2D eigenvalue weighted by Crippen LogP contribution is -2.49. The van der Waals surface area contributed by atoms with Crippen LogP contribution in [0.5, 0.6) is 5.75 Å². The van der Waals surface area contributed by atoms with Crippen LogP contribution in [0.4, 0.5) is 4.79 Å². The van der Waals surface area contributed by atoms with Gasteiger partial charge in [-0.15, -0.1) is 0 Å². The first-order valence-corrected chi connectivity index (χ1v) is 5.26. The van der Waals surface area contributed by atoms with Crippen LogP contribution in [-0.4, -0.2) is 25.1 Å². The zero-order valence-corrected chi connectivity index (χ0v) is 9.97. The van der Waals surface area contributed by atoms with Crippen molar-refractivity contribution >= 4 is 11.9 Å². The van der Waals surface area contributed by atoms with Crippen molar-refractivity contribution in [2.75, 3.05) is 7.11 Å². The molecule has 0 aromatic heterocycles. The minimum atomic E-state index is -0.823. The van der Waals surface area contributed by atoms with E-state index in [4.69, 9.17) is 16.3 Å². The van der Waals surface area contributed by atoms with Gasteiger partial charge in [-0.1, -0.05) is 12.1 Å². The number of carbonyl (C=O) groups excluding carboxylic acids is 2. The quantitative estimate of drug-likeness (QED) is 0.320. The minimum absolute atomic E-state index is 0.313. The number of hydrogen-bond donors (Lipinski definition) is 4. The first-order valence-electron chi connectivity index (χ1n) is 5.26. The molecule has 0 saturated heterocycles. The van der Waals surface area contributed by atoms with Gasteiger partial charge in [0.2, 0.25) is 5.91 Å². The lowest BCUT2D eigenvalue weighted by molar-refractivity contribution is -0.121. The number of benzene rings is 1. The Hall–Kier alpha value is -2.12. The highest BCUT2D eigenvalue weighted by Gasteiger charge is 2.16. The van der Waals surface area contributed by atoms with Gasteiger partial charge in [0.15, 0.2) is 0 Å². The van der Waals surface area contributed by atoms with E-state index < -0.39 is 18.0 Å². The smallest absolute Gasteiger partial charge is 0.335 e. The molecule has 7 heteroatoms. The highest BCUT2D eigenvalue weighted by molar-refractivity contribution is 5.96. The number of rotatable bonds is 4. The minimum Gasteiger partial charge on any atom is -0.497 e. The van der Waals surface area contributed by atoms with Crippen molar-refractivity contribution in [2.45, 2.75) is 12.5 Å². The number of amides is 3. The number of urea groups is 1. The molecule has 0 heterocycles. The molecule has 1 aromatic rings. The lowest BCUT2D eigenvalue weighted by Gasteiger charge is -2.11. The SMILES string of the molecule is COc1ccc(CC(N)C(=O)NC(=O)NN)cc1. The van der Waals surface area contributed by atoms with Crippen molar-refractivity contribution in [3.8, 4) is 5.75 Å². The second kappa shape index (κ2) is 6.58. The summed E-state index contributed by atoms with van der Waals surface area (Å²) in [4.78, 5) is 22.3. The molecule has 0 spiro atoms. The third kappa shape index (κ3) is 4.04. The summed E-state index contributed by atoms with van der Waals surface area (Å²) >= 11 is 0. The van der Waals surface area contributed by atoms with Gasteiger partial charge < -0.3 is 10.5 Å². The standard InChI is InChI=1S/C11H16N4O3/c1-18-8-4-2-7(3-5-8)6-9(12)10(16)14-11(17)15-13/h2-5,9H,6,12-13H2,1H3,(H2,14,15,16,17). The van der Waals surface area contributed by atoms with Gasteiger partial charge in [-0.3, -0.25) is 15.5 Å². The largest absolute Gasteiger partial charge is 0.497 e. The highest BCUT2D eigenvalue weighted by Crippen LogP contribution is 2.12. The summed E-state index contributed by atoms with van der Waals surface area (Å²) < 4.78 is 5.01. The number of hydrazine groups is 1. The average Bonchev–Trinajstić information content (AvgIpc) is 2.39. The van der Waals surface area contributed by atoms with Gasteiger partial charge in [0.1, 0.15) is 5.75 Å². The van der Waals surface area contributed by atoms with Gasteiger partial charge in [-0.2, -0.15) is 0 Å². The predicted molar refractivity (Wildman–Crippen MR) is 65.5 cm³/mol. The van der Waals surface area contributed by atoms with Gasteiger partial charge in [-0.25, -0.2) is 10.6 Å². The van der Waals surface area contributed by atoms with E-state index in [-0.39, 0.29) is 0 Å². The Bertz CT molecular complexity index is 419. The third-order valence-electron chi connectivity index (χ3n) is 2.32. The van der Waals surface area contributed by atoms with Crippen LogP contribution in [0.25, 0.3) is 0 Å². The van der Waals surface area contributed by atoms with Crippen LogP contribution in [0.3, 0.4) is 0 Å². The first-order chi connectivity index (χ1) is 8.56. The normalized spacial score (nSPS) is 11.5. The molecule has 7 nitrogen and oxygen atoms in total. The Morgan fingerprint density at radius 1 is 1.33 bits per heavy atom. The average molecular weight is 252 g/mol. The molecule has 6 N–H and O–H groups in total. The highest BCUT2D eigenvalue weighted by atomic mass is 16.5. The fourth-order valence-corrected chi connectivity index (χ4v) is 1.35. The van der Waals surface area contributed by atoms with Gasteiger partial charge in [-0.05, 0) is 24.1 Å². The maximum atomic E-state index is 11.5. The van der Waals surface area contributed by atoms with Crippen molar-refractivity contribution in [2.24, 2.45) is 11.6 Å². The first kappa shape index (κ1) is 13.9. The van der Waals surface area contributed by atoms with E-state index in [1.54, 1.807) is 36.8 Å². The summed E-state index contributed by atoms with van der Waals surface area (Å²) in [6, 6.07) is 5.53. The molecule has 0 aliphatic heterocycles. The predicted octanol–water partition coefficient (Wildman–Crippen LogP) is -0.735. The number of carbonyl (C=O) groups is 2. The van der Waals surface area contributed by atoms with E-state index in [2.05, 4.69) is 0 Å². The van der Waals surface area contributed by atoms with E-state index in [0.717, 1.165) is 11.3 Å². The second-order valence-electron chi connectivity index (χ2n) is 3.62. The van der Waals surface area contributed by atoms with Crippen LogP contribution >= 0.6 is 0 Å². The van der Waals surface area contributed by atoms with Crippen molar-refractivity contribution in [1.29, 1.82) is 0 Å². The fourth-order valence-electron chi connectivity index (χ4n) is 1.35. The number of methoxy groups -OCH3 is 1. The van der Waals surface area contributed by atoms with E-state index in [1.807, 2.05) is 5.32 Å². The summed E-state index contributed by atoms with van der Waals surface area (Å²) in [5.74, 6) is 4.97. The van der Waals surface area contributed by atoms with Crippen LogP contribution in [0, 0.1) is 0 Å². The van der Waals surface area contributed by atoms with Crippen molar-refractivity contribution < 1.29 is 14.3 Å². The van der Waals surface area contributed by atoms with E-state index in [0.29, 0.717) is 6.42 Å². The Balaban J connectivity index is 2.55. The van der Waals surface area contributed by atoms with Gasteiger partial charge in [0, 0.05) is 0 Å². The Morgan fingerprint density at radius 2 is 1.94 bits per heavy atom. The maximum absolute atomic E-state index is 11.5. The molecule has 0 saturated carbocycles. The van der Waals surface area contributed by atoms with E-state index in [1.165, 1.54) is 0 Å². The fraction of sp³-hybridized carbons (Fsp3) is 0.273. The number of nitrogens with one attached hydrogen (secondary N) is 2. The molecule has 98 valence electrons. The van der Waals surface area contributed by atoms with Crippen LogP contribution in [0.15, 0.2) is 24.3 Å². The zero-order valence-electron chi connectivity index (χ0n) is 9.97. The molecular formula is C11H16N4O3. The van der Waals surface area contributed by atoms with Crippen molar-refractivity contribution in [3.63, 3.8) is 0 Å². The molecule has 3 amide bonds. The molecule has 0 aliphatic carbocycles. The van der Waals surface area contributed by atoms with Gasteiger partial charge >= 0.3 is 6.03 Å².